The van der Waals surface area contributed by atoms with Crippen molar-refractivity contribution in [2.24, 2.45) is 5.73 Å². The van der Waals surface area contributed by atoms with Crippen LogP contribution in [0.1, 0.15) is 53.9 Å². The Morgan fingerprint density at radius 3 is 2.89 bits per heavy atom. The van der Waals surface area contributed by atoms with Crippen molar-refractivity contribution < 1.29 is 14.6 Å². The Morgan fingerprint density at radius 2 is 2.11 bits per heavy atom. The van der Waals surface area contributed by atoms with Gasteiger partial charge in [-0.1, -0.05) is 18.2 Å². The average molecular weight is 402 g/mol. The Kier molecular flexibility index (Phi) is 6.48. The molecule has 0 bridgehead atoms. The molecule has 0 spiro atoms. The summed E-state index contributed by atoms with van der Waals surface area (Å²) in [6.07, 6.45) is 6.30. The standard InChI is InChI=1S/C23H31NO3S/c24-23(16-25)7-5-21(13-23)19-1-2-20-12-22(4-3-18(20)11-19)27-9-8-26-14-17-6-10-28-15-17/h1-2,6,10-11,15,21-22,25H,3-5,7-9,12-14,16,24H2/t21-,22?,23+/m0/s1. The summed E-state index contributed by atoms with van der Waals surface area (Å²) in [4.78, 5) is 0. The molecule has 3 N–H and O–H groups in total. The molecule has 0 saturated heterocycles. The molecular formula is C23H31NO3S. The number of rotatable bonds is 8. The second-order valence-electron chi connectivity index (χ2n) is 8.41. The third-order valence-corrected chi connectivity index (χ3v) is 7.01. The Hall–Kier alpha value is -1.24. The molecule has 1 saturated carbocycles. The minimum Gasteiger partial charge on any atom is -0.394 e. The van der Waals surface area contributed by atoms with E-state index in [0.29, 0.717) is 31.8 Å². The fraction of sp³-hybridized carbons (Fsp3) is 0.565. The highest BCUT2D eigenvalue weighted by Gasteiger charge is 2.36. The molecular weight excluding hydrogens is 370 g/mol. The lowest BCUT2D eigenvalue weighted by molar-refractivity contribution is -0.00453. The number of thiophene rings is 1. The van der Waals surface area contributed by atoms with Crippen molar-refractivity contribution >= 4 is 11.3 Å². The number of fused-ring (bicyclic) bond motifs is 1. The minimum atomic E-state index is -0.384. The van der Waals surface area contributed by atoms with E-state index in [1.807, 2.05) is 0 Å². The van der Waals surface area contributed by atoms with Crippen LogP contribution in [-0.2, 0) is 28.9 Å². The van der Waals surface area contributed by atoms with Gasteiger partial charge in [-0.25, -0.2) is 0 Å². The Labute approximate surface area is 171 Å². The maximum Gasteiger partial charge on any atom is 0.0726 e. The van der Waals surface area contributed by atoms with Crippen LogP contribution in [0, 0.1) is 0 Å². The quantitative estimate of drug-likeness (QED) is 0.661. The Bertz CT molecular complexity index is 763. The van der Waals surface area contributed by atoms with Gasteiger partial charge in [0.1, 0.15) is 0 Å². The zero-order valence-electron chi connectivity index (χ0n) is 16.4. The average Bonchev–Trinajstić information content (AvgIpc) is 3.38. The molecule has 1 heterocycles. The summed E-state index contributed by atoms with van der Waals surface area (Å²) in [7, 11) is 0. The first-order chi connectivity index (χ1) is 13.6. The Morgan fingerprint density at radius 1 is 1.18 bits per heavy atom. The summed E-state index contributed by atoms with van der Waals surface area (Å²) in [6.45, 7) is 2.06. The van der Waals surface area contributed by atoms with E-state index in [4.69, 9.17) is 15.2 Å². The summed E-state index contributed by atoms with van der Waals surface area (Å²) < 4.78 is 11.8. The summed E-state index contributed by atoms with van der Waals surface area (Å²) in [5.74, 6) is 0.483. The molecule has 2 aromatic rings. The summed E-state index contributed by atoms with van der Waals surface area (Å²) >= 11 is 1.70. The molecule has 0 aliphatic heterocycles. The lowest BCUT2D eigenvalue weighted by Crippen LogP contribution is -2.40. The second-order valence-corrected chi connectivity index (χ2v) is 9.19. The van der Waals surface area contributed by atoms with E-state index in [2.05, 4.69) is 35.0 Å². The van der Waals surface area contributed by atoms with E-state index >= 15 is 0 Å². The molecule has 1 unspecified atom stereocenters. The summed E-state index contributed by atoms with van der Waals surface area (Å²) in [5, 5.41) is 13.7. The largest absolute Gasteiger partial charge is 0.394 e. The van der Waals surface area contributed by atoms with Gasteiger partial charge < -0.3 is 20.3 Å². The van der Waals surface area contributed by atoms with Crippen LogP contribution in [0.25, 0.3) is 0 Å². The number of ether oxygens (including phenoxy) is 2. The first kappa shape index (κ1) is 20.0. The zero-order valence-corrected chi connectivity index (χ0v) is 17.3. The van der Waals surface area contributed by atoms with E-state index in [0.717, 1.165) is 38.5 Å². The van der Waals surface area contributed by atoms with E-state index in [1.165, 1.54) is 22.3 Å². The van der Waals surface area contributed by atoms with Crippen LogP contribution in [0.4, 0.5) is 0 Å². The number of aliphatic hydroxyl groups excluding tert-OH is 1. The van der Waals surface area contributed by atoms with Crippen LogP contribution in [-0.4, -0.2) is 36.6 Å². The highest BCUT2D eigenvalue weighted by atomic mass is 32.1. The zero-order chi connectivity index (χ0) is 19.4. The van der Waals surface area contributed by atoms with Gasteiger partial charge in [0.15, 0.2) is 0 Å². The van der Waals surface area contributed by atoms with Crippen LogP contribution in [0.3, 0.4) is 0 Å². The molecule has 28 heavy (non-hydrogen) atoms. The number of aryl methyl sites for hydroxylation is 1. The first-order valence-electron chi connectivity index (χ1n) is 10.4. The molecule has 3 atom stereocenters. The van der Waals surface area contributed by atoms with Crippen molar-refractivity contribution in [3.8, 4) is 0 Å². The fourth-order valence-corrected chi connectivity index (χ4v) is 5.21. The predicted molar refractivity (Wildman–Crippen MR) is 113 cm³/mol. The fourth-order valence-electron chi connectivity index (χ4n) is 4.56. The van der Waals surface area contributed by atoms with Crippen molar-refractivity contribution in [2.75, 3.05) is 19.8 Å². The maximum atomic E-state index is 9.52. The minimum absolute atomic E-state index is 0.0877. The molecule has 152 valence electrons. The van der Waals surface area contributed by atoms with Crippen LogP contribution in [0.15, 0.2) is 35.0 Å². The topological polar surface area (TPSA) is 64.7 Å². The van der Waals surface area contributed by atoms with E-state index in [1.54, 1.807) is 11.3 Å². The third-order valence-electron chi connectivity index (χ3n) is 6.27. The van der Waals surface area contributed by atoms with Gasteiger partial charge in [-0.15, -0.1) is 0 Å². The van der Waals surface area contributed by atoms with Gasteiger partial charge in [0.2, 0.25) is 0 Å². The van der Waals surface area contributed by atoms with Gasteiger partial charge >= 0.3 is 0 Å². The van der Waals surface area contributed by atoms with Gasteiger partial charge in [0, 0.05) is 5.54 Å². The monoisotopic (exact) mass is 401 g/mol. The molecule has 1 aromatic heterocycles. The number of aliphatic hydroxyl groups is 1. The van der Waals surface area contributed by atoms with E-state index in [-0.39, 0.29) is 12.1 Å². The highest BCUT2D eigenvalue weighted by Crippen LogP contribution is 2.40. The molecule has 2 aliphatic carbocycles. The first-order valence-corrected chi connectivity index (χ1v) is 11.3. The SMILES string of the molecule is N[C@]1(CO)CC[C@H](c2ccc3c(c2)CCC(OCCOCc2ccsc2)C3)C1. The molecule has 4 rings (SSSR count). The lowest BCUT2D eigenvalue weighted by atomic mass is 9.85. The van der Waals surface area contributed by atoms with E-state index < -0.39 is 0 Å². The van der Waals surface area contributed by atoms with Crippen molar-refractivity contribution in [3.63, 3.8) is 0 Å². The molecule has 0 amide bonds. The van der Waals surface area contributed by atoms with Gasteiger partial charge in [-0.3, -0.25) is 0 Å². The van der Waals surface area contributed by atoms with Crippen molar-refractivity contribution in [3.05, 3.63) is 57.3 Å². The van der Waals surface area contributed by atoms with Crippen LogP contribution in [0.5, 0.6) is 0 Å². The van der Waals surface area contributed by atoms with Crippen LogP contribution >= 0.6 is 11.3 Å². The molecule has 1 aromatic carbocycles. The Balaban J connectivity index is 1.24. The normalized spacial score (nSPS) is 27.1. The number of hydrogen-bond donors (Lipinski definition) is 2. The maximum absolute atomic E-state index is 9.52. The van der Waals surface area contributed by atoms with Crippen molar-refractivity contribution in [1.82, 2.24) is 0 Å². The van der Waals surface area contributed by atoms with Crippen LogP contribution < -0.4 is 5.73 Å². The van der Waals surface area contributed by atoms with Gasteiger partial charge in [-0.2, -0.15) is 11.3 Å². The molecule has 2 aliphatic rings. The van der Waals surface area contributed by atoms with E-state index in [9.17, 15) is 5.11 Å². The smallest absolute Gasteiger partial charge is 0.0726 e. The molecule has 1 fully saturated rings. The molecule has 0 radical (unpaired) electrons. The number of nitrogens with two attached hydrogens (primary N) is 1. The number of hydrogen-bond acceptors (Lipinski definition) is 5. The lowest BCUT2D eigenvalue weighted by Gasteiger charge is -2.26. The van der Waals surface area contributed by atoms with Gasteiger partial charge in [0.25, 0.3) is 0 Å². The third kappa shape index (κ3) is 4.84. The van der Waals surface area contributed by atoms with Crippen LogP contribution in [0.2, 0.25) is 0 Å². The summed E-state index contributed by atoms with van der Waals surface area (Å²) in [5.41, 5.74) is 11.4. The molecule has 4 nitrogen and oxygen atoms in total. The second kappa shape index (κ2) is 9.06. The van der Waals surface area contributed by atoms with Gasteiger partial charge in [0.05, 0.1) is 32.5 Å². The molecule has 5 heteroatoms. The highest BCUT2D eigenvalue weighted by molar-refractivity contribution is 7.07. The van der Waals surface area contributed by atoms with Crippen molar-refractivity contribution in [2.45, 2.75) is 62.7 Å². The predicted octanol–water partition coefficient (Wildman–Crippen LogP) is 3.80. The summed E-state index contributed by atoms with van der Waals surface area (Å²) in [6, 6.07) is 9.02. The number of benzene rings is 1. The van der Waals surface area contributed by atoms with Gasteiger partial charge in [-0.05, 0) is 83.5 Å². The van der Waals surface area contributed by atoms with Crippen molar-refractivity contribution in [1.29, 1.82) is 0 Å².